The number of aliphatic hydroxyl groups is 1. The van der Waals surface area contributed by atoms with Crippen LogP contribution in [0.4, 0.5) is 11.6 Å². The summed E-state index contributed by atoms with van der Waals surface area (Å²) in [7, 11) is 0. The third-order valence-electron chi connectivity index (χ3n) is 2.49. The number of hydrogen-bond donors (Lipinski definition) is 3. The third kappa shape index (κ3) is 1.61. The van der Waals surface area contributed by atoms with Gasteiger partial charge in [-0.3, -0.25) is 0 Å². The minimum atomic E-state index is -0.205. The summed E-state index contributed by atoms with van der Waals surface area (Å²) in [5.74, 6) is 0.643. The average molecular weight is 218 g/mol. The smallest absolute Gasteiger partial charge is 0.153 e. The molecule has 0 unspecified atom stereocenters. The molecule has 1 heterocycles. The zero-order valence-electron chi connectivity index (χ0n) is 9.01. The van der Waals surface area contributed by atoms with Crippen molar-refractivity contribution in [1.82, 2.24) is 9.78 Å². The number of anilines is 2. The molecule has 0 atom stereocenters. The van der Waals surface area contributed by atoms with E-state index in [-0.39, 0.29) is 12.4 Å². The van der Waals surface area contributed by atoms with Crippen molar-refractivity contribution in [3.8, 4) is 5.69 Å². The van der Waals surface area contributed by atoms with Gasteiger partial charge >= 0.3 is 0 Å². The van der Waals surface area contributed by atoms with E-state index in [1.165, 1.54) is 4.68 Å². The van der Waals surface area contributed by atoms with Crippen molar-refractivity contribution in [2.75, 3.05) is 11.5 Å². The molecule has 2 aromatic rings. The van der Waals surface area contributed by atoms with E-state index in [1.807, 2.05) is 31.2 Å². The van der Waals surface area contributed by atoms with Crippen LogP contribution in [0.25, 0.3) is 5.69 Å². The predicted octanol–water partition coefficient (Wildman–Crippen LogP) is 0.837. The first-order valence-corrected chi connectivity index (χ1v) is 4.94. The maximum absolute atomic E-state index is 9.09. The maximum Gasteiger partial charge on any atom is 0.153 e. The zero-order chi connectivity index (χ0) is 11.7. The van der Waals surface area contributed by atoms with Gasteiger partial charge in [0, 0.05) is 0 Å². The van der Waals surface area contributed by atoms with E-state index in [0.717, 1.165) is 11.3 Å². The van der Waals surface area contributed by atoms with E-state index in [0.29, 0.717) is 11.4 Å². The molecule has 0 aliphatic heterocycles. The van der Waals surface area contributed by atoms with Crippen molar-refractivity contribution in [1.29, 1.82) is 0 Å². The molecule has 5 N–H and O–H groups in total. The van der Waals surface area contributed by atoms with Crippen LogP contribution in [0.5, 0.6) is 0 Å². The highest BCUT2D eigenvalue weighted by molar-refractivity contribution is 5.57. The molecule has 5 heteroatoms. The van der Waals surface area contributed by atoms with Gasteiger partial charge in [0.05, 0.1) is 17.9 Å². The lowest BCUT2D eigenvalue weighted by Crippen LogP contribution is -2.02. The molecule has 0 aliphatic rings. The summed E-state index contributed by atoms with van der Waals surface area (Å²) < 4.78 is 1.53. The number of aromatic nitrogens is 2. The molecule has 1 aromatic carbocycles. The molecule has 16 heavy (non-hydrogen) atoms. The van der Waals surface area contributed by atoms with E-state index in [4.69, 9.17) is 16.6 Å². The van der Waals surface area contributed by atoms with Gasteiger partial charge in [0.2, 0.25) is 0 Å². The van der Waals surface area contributed by atoms with E-state index < -0.39 is 0 Å². The Morgan fingerprint density at radius 1 is 1.25 bits per heavy atom. The Morgan fingerprint density at radius 3 is 2.38 bits per heavy atom. The molecule has 0 bridgehead atoms. The van der Waals surface area contributed by atoms with Crippen LogP contribution in [0.15, 0.2) is 24.3 Å². The SMILES string of the molecule is Cc1ccc(-n2nc(N)c(CO)c2N)cc1. The third-order valence-corrected chi connectivity index (χ3v) is 2.49. The lowest BCUT2D eigenvalue weighted by atomic mass is 10.2. The molecule has 0 saturated carbocycles. The van der Waals surface area contributed by atoms with Gasteiger partial charge in [-0.05, 0) is 19.1 Å². The molecular weight excluding hydrogens is 204 g/mol. The number of aliphatic hydroxyl groups excluding tert-OH is 1. The quantitative estimate of drug-likeness (QED) is 0.696. The second-order valence-corrected chi connectivity index (χ2v) is 3.65. The van der Waals surface area contributed by atoms with Gasteiger partial charge in [-0.25, -0.2) is 4.68 Å². The van der Waals surface area contributed by atoms with Crippen molar-refractivity contribution in [3.63, 3.8) is 0 Å². The second kappa shape index (κ2) is 3.86. The molecule has 0 saturated heterocycles. The number of nitrogens with two attached hydrogens (primary N) is 2. The van der Waals surface area contributed by atoms with Crippen LogP contribution >= 0.6 is 0 Å². The van der Waals surface area contributed by atoms with E-state index in [9.17, 15) is 0 Å². The van der Waals surface area contributed by atoms with Crippen LogP contribution in [0, 0.1) is 6.92 Å². The Bertz CT molecular complexity index is 501. The van der Waals surface area contributed by atoms with E-state index in [2.05, 4.69) is 5.10 Å². The Balaban J connectivity index is 2.52. The van der Waals surface area contributed by atoms with Crippen LogP contribution in [0.3, 0.4) is 0 Å². The lowest BCUT2D eigenvalue weighted by molar-refractivity contribution is 0.283. The number of benzene rings is 1. The Kier molecular flexibility index (Phi) is 2.54. The molecule has 0 spiro atoms. The van der Waals surface area contributed by atoms with Crippen LogP contribution < -0.4 is 11.5 Å². The Labute approximate surface area is 93.3 Å². The van der Waals surface area contributed by atoms with Gasteiger partial charge in [-0.15, -0.1) is 5.10 Å². The monoisotopic (exact) mass is 218 g/mol. The standard InChI is InChI=1S/C11H14N4O/c1-7-2-4-8(5-3-7)15-11(13)9(6-16)10(12)14-15/h2-5,16H,6,13H2,1H3,(H2,12,14). The summed E-state index contributed by atoms with van der Waals surface area (Å²) in [6.45, 7) is 1.80. The summed E-state index contributed by atoms with van der Waals surface area (Å²) in [6.07, 6.45) is 0. The number of hydrogen-bond acceptors (Lipinski definition) is 4. The molecule has 84 valence electrons. The number of aryl methyl sites for hydroxylation is 1. The van der Waals surface area contributed by atoms with Crippen molar-refractivity contribution in [2.24, 2.45) is 0 Å². The minimum absolute atomic E-state index is 0.205. The molecular formula is C11H14N4O. The van der Waals surface area contributed by atoms with Crippen LogP contribution in [0.1, 0.15) is 11.1 Å². The topological polar surface area (TPSA) is 90.1 Å². The predicted molar refractivity (Wildman–Crippen MR) is 63.0 cm³/mol. The molecule has 0 aliphatic carbocycles. The highest BCUT2D eigenvalue weighted by atomic mass is 16.3. The zero-order valence-corrected chi connectivity index (χ0v) is 9.01. The van der Waals surface area contributed by atoms with E-state index >= 15 is 0 Å². The lowest BCUT2D eigenvalue weighted by Gasteiger charge is -2.04. The first-order chi connectivity index (χ1) is 7.63. The van der Waals surface area contributed by atoms with Gasteiger partial charge in [0.1, 0.15) is 5.82 Å². The van der Waals surface area contributed by atoms with Crippen molar-refractivity contribution in [2.45, 2.75) is 13.5 Å². The fourth-order valence-corrected chi connectivity index (χ4v) is 1.53. The summed E-state index contributed by atoms with van der Waals surface area (Å²) in [6, 6.07) is 7.73. The summed E-state index contributed by atoms with van der Waals surface area (Å²) in [5.41, 5.74) is 14.0. The molecule has 0 radical (unpaired) electrons. The van der Waals surface area contributed by atoms with E-state index in [1.54, 1.807) is 0 Å². The fraction of sp³-hybridized carbons (Fsp3) is 0.182. The number of nitrogen functional groups attached to an aromatic ring is 2. The van der Waals surface area contributed by atoms with Crippen LogP contribution in [0.2, 0.25) is 0 Å². The molecule has 1 aromatic heterocycles. The molecule has 5 nitrogen and oxygen atoms in total. The molecule has 0 fully saturated rings. The van der Waals surface area contributed by atoms with Crippen molar-refractivity contribution in [3.05, 3.63) is 35.4 Å². The highest BCUT2D eigenvalue weighted by Gasteiger charge is 2.13. The van der Waals surface area contributed by atoms with Crippen molar-refractivity contribution < 1.29 is 5.11 Å². The summed E-state index contributed by atoms with van der Waals surface area (Å²) in [5, 5.41) is 13.2. The first-order valence-electron chi connectivity index (χ1n) is 4.94. The van der Waals surface area contributed by atoms with Gasteiger partial charge < -0.3 is 16.6 Å². The Morgan fingerprint density at radius 2 is 1.88 bits per heavy atom. The minimum Gasteiger partial charge on any atom is -0.391 e. The Hall–Kier alpha value is -2.01. The maximum atomic E-state index is 9.09. The molecule has 0 amide bonds. The van der Waals surface area contributed by atoms with Crippen LogP contribution in [-0.2, 0) is 6.61 Å². The fourth-order valence-electron chi connectivity index (χ4n) is 1.53. The number of rotatable bonds is 2. The van der Waals surface area contributed by atoms with Gasteiger partial charge in [-0.1, -0.05) is 17.7 Å². The molecule has 2 rings (SSSR count). The summed E-state index contributed by atoms with van der Waals surface area (Å²) >= 11 is 0. The number of nitrogens with zero attached hydrogens (tertiary/aromatic N) is 2. The normalized spacial score (nSPS) is 10.6. The highest BCUT2D eigenvalue weighted by Crippen LogP contribution is 2.22. The average Bonchev–Trinajstić information content (AvgIpc) is 2.55. The van der Waals surface area contributed by atoms with Gasteiger partial charge in [0.15, 0.2) is 5.82 Å². The largest absolute Gasteiger partial charge is 0.391 e. The van der Waals surface area contributed by atoms with Crippen LogP contribution in [-0.4, -0.2) is 14.9 Å². The van der Waals surface area contributed by atoms with Gasteiger partial charge in [-0.2, -0.15) is 0 Å². The summed E-state index contributed by atoms with van der Waals surface area (Å²) in [4.78, 5) is 0. The van der Waals surface area contributed by atoms with Gasteiger partial charge in [0.25, 0.3) is 0 Å². The first kappa shape index (κ1) is 10.5. The van der Waals surface area contributed by atoms with Crippen molar-refractivity contribution >= 4 is 11.6 Å². The second-order valence-electron chi connectivity index (χ2n) is 3.65.